The van der Waals surface area contributed by atoms with Crippen LogP contribution in [-0.4, -0.2) is 34.5 Å². The van der Waals surface area contributed by atoms with Gasteiger partial charge in [-0.25, -0.2) is 0 Å². The molecule has 0 aliphatic carbocycles. The summed E-state index contributed by atoms with van der Waals surface area (Å²) in [6.07, 6.45) is 4.88. The summed E-state index contributed by atoms with van der Waals surface area (Å²) in [5.41, 5.74) is 0. The Labute approximate surface area is 95.9 Å². The number of amides is 1. The molecule has 0 aromatic carbocycles. The molecule has 1 heterocycles. The van der Waals surface area contributed by atoms with Crippen LogP contribution < -0.4 is 0 Å². The van der Waals surface area contributed by atoms with Gasteiger partial charge >= 0.3 is 5.97 Å². The van der Waals surface area contributed by atoms with E-state index in [0.29, 0.717) is 25.3 Å². The molecule has 0 spiro atoms. The molecule has 1 aliphatic heterocycles. The third kappa shape index (κ3) is 3.36. The van der Waals surface area contributed by atoms with Crippen molar-refractivity contribution in [2.24, 2.45) is 5.92 Å². The van der Waals surface area contributed by atoms with Gasteiger partial charge in [-0.2, -0.15) is 0 Å². The van der Waals surface area contributed by atoms with Crippen molar-refractivity contribution in [2.75, 3.05) is 6.54 Å². The quantitative estimate of drug-likeness (QED) is 0.724. The van der Waals surface area contributed by atoms with E-state index in [9.17, 15) is 9.59 Å². The first kappa shape index (κ1) is 12.7. The van der Waals surface area contributed by atoms with E-state index in [1.54, 1.807) is 0 Å². The molecule has 0 saturated carbocycles. The first-order valence-electron chi connectivity index (χ1n) is 5.70. The van der Waals surface area contributed by atoms with Gasteiger partial charge in [0, 0.05) is 19.4 Å². The minimum Gasteiger partial charge on any atom is -0.481 e. The molecular formula is C12H19NO3. The molecular weight excluding hydrogens is 206 g/mol. The van der Waals surface area contributed by atoms with Crippen LogP contribution in [0.4, 0.5) is 0 Å². The number of hydrogen-bond acceptors (Lipinski definition) is 2. The second-order valence-electron chi connectivity index (χ2n) is 4.46. The van der Waals surface area contributed by atoms with Crippen LogP contribution in [0.1, 0.15) is 33.1 Å². The predicted octanol–water partition coefficient (Wildman–Crippen LogP) is 1.66. The van der Waals surface area contributed by atoms with E-state index in [1.807, 2.05) is 11.0 Å². The third-order valence-corrected chi connectivity index (χ3v) is 2.78. The zero-order chi connectivity index (χ0) is 12.1. The molecule has 4 nitrogen and oxygen atoms in total. The highest BCUT2D eigenvalue weighted by atomic mass is 16.4. The minimum atomic E-state index is -0.840. The molecule has 0 aromatic heterocycles. The van der Waals surface area contributed by atoms with Crippen LogP contribution in [0.2, 0.25) is 0 Å². The lowest BCUT2D eigenvalue weighted by Gasteiger charge is -2.27. The monoisotopic (exact) mass is 225 g/mol. The molecule has 1 amide bonds. The van der Waals surface area contributed by atoms with Crippen LogP contribution in [0.3, 0.4) is 0 Å². The summed E-state index contributed by atoms with van der Waals surface area (Å²) in [4.78, 5) is 24.0. The maximum Gasteiger partial charge on any atom is 0.303 e. The van der Waals surface area contributed by atoms with Crippen molar-refractivity contribution in [1.29, 1.82) is 0 Å². The highest BCUT2D eigenvalue weighted by Gasteiger charge is 2.26. The summed E-state index contributed by atoms with van der Waals surface area (Å²) < 4.78 is 0. The van der Waals surface area contributed by atoms with Gasteiger partial charge in [-0.3, -0.25) is 9.59 Å². The van der Waals surface area contributed by atoms with Crippen molar-refractivity contribution < 1.29 is 14.7 Å². The van der Waals surface area contributed by atoms with Crippen LogP contribution in [-0.2, 0) is 9.59 Å². The topological polar surface area (TPSA) is 57.6 Å². The molecule has 0 saturated heterocycles. The average Bonchev–Trinajstić information content (AvgIpc) is 2.65. The van der Waals surface area contributed by atoms with Gasteiger partial charge in [0.25, 0.3) is 0 Å². The zero-order valence-corrected chi connectivity index (χ0v) is 9.85. The number of aliphatic carboxylic acids is 1. The summed E-state index contributed by atoms with van der Waals surface area (Å²) >= 11 is 0. The van der Waals surface area contributed by atoms with E-state index in [2.05, 4.69) is 19.9 Å². The molecule has 1 aliphatic rings. The Kier molecular flexibility index (Phi) is 4.52. The van der Waals surface area contributed by atoms with Gasteiger partial charge < -0.3 is 10.0 Å². The smallest absolute Gasteiger partial charge is 0.303 e. The standard InChI is InChI=1S/C12H19NO3/c1-9(2)10-5-4-8-13(10)11(14)6-3-7-12(15)16/h4-5,9-10H,3,6-8H2,1-2H3,(H,15,16). The molecule has 0 radical (unpaired) electrons. The molecule has 1 rings (SSSR count). The first-order chi connectivity index (χ1) is 7.52. The summed E-state index contributed by atoms with van der Waals surface area (Å²) in [7, 11) is 0. The molecule has 90 valence electrons. The van der Waals surface area contributed by atoms with Crippen molar-refractivity contribution >= 4 is 11.9 Å². The number of carboxylic acid groups (broad SMARTS) is 1. The molecule has 1 unspecified atom stereocenters. The SMILES string of the molecule is CC(C)C1C=CCN1C(=O)CCCC(=O)O. The number of hydrogen-bond donors (Lipinski definition) is 1. The third-order valence-electron chi connectivity index (χ3n) is 2.78. The Bertz CT molecular complexity index is 297. The van der Waals surface area contributed by atoms with Crippen LogP contribution in [0.25, 0.3) is 0 Å². The van der Waals surface area contributed by atoms with Crippen molar-refractivity contribution in [3.8, 4) is 0 Å². The fraction of sp³-hybridized carbons (Fsp3) is 0.667. The molecule has 1 atom stereocenters. The predicted molar refractivity (Wildman–Crippen MR) is 61.0 cm³/mol. The van der Waals surface area contributed by atoms with Crippen molar-refractivity contribution in [3.63, 3.8) is 0 Å². The van der Waals surface area contributed by atoms with Gasteiger partial charge in [-0.1, -0.05) is 26.0 Å². The van der Waals surface area contributed by atoms with Crippen LogP contribution in [0, 0.1) is 5.92 Å². The van der Waals surface area contributed by atoms with Gasteiger partial charge in [0.05, 0.1) is 6.04 Å². The summed E-state index contributed by atoms with van der Waals surface area (Å²) in [5.74, 6) is -0.375. The lowest BCUT2D eigenvalue weighted by atomic mass is 10.0. The summed E-state index contributed by atoms with van der Waals surface area (Å²) in [5, 5.41) is 8.49. The number of carbonyl (C=O) groups excluding carboxylic acids is 1. The van der Waals surface area contributed by atoms with Gasteiger partial charge in [-0.05, 0) is 12.3 Å². The Hall–Kier alpha value is -1.32. The average molecular weight is 225 g/mol. The van der Waals surface area contributed by atoms with Crippen molar-refractivity contribution in [3.05, 3.63) is 12.2 Å². The second-order valence-corrected chi connectivity index (χ2v) is 4.46. The lowest BCUT2D eigenvalue weighted by molar-refractivity contribution is -0.137. The lowest BCUT2D eigenvalue weighted by Crippen LogP contribution is -2.38. The van der Waals surface area contributed by atoms with E-state index in [0.717, 1.165) is 0 Å². The Morgan fingerprint density at radius 3 is 2.69 bits per heavy atom. The molecule has 4 heteroatoms. The normalized spacial score (nSPS) is 19.4. The Morgan fingerprint density at radius 2 is 2.12 bits per heavy atom. The molecule has 16 heavy (non-hydrogen) atoms. The molecule has 1 N–H and O–H groups in total. The Balaban J connectivity index is 2.39. The highest BCUT2D eigenvalue weighted by molar-refractivity contribution is 5.78. The van der Waals surface area contributed by atoms with E-state index < -0.39 is 5.97 Å². The number of carboxylic acids is 1. The highest BCUT2D eigenvalue weighted by Crippen LogP contribution is 2.19. The van der Waals surface area contributed by atoms with E-state index in [-0.39, 0.29) is 18.4 Å². The largest absolute Gasteiger partial charge is 0.481 e. The van der Waals surface area contributed by atoms with Gasteiger partial charge in [0.2, 0.25) is 5.91 Å². The summed E-state index contributed by atoms with van der Waals surface area (Å²) in [6, 6.07) is 0.178. The number of rotatable bonds is 5. The van der Waals surface area contributed by atoms with Crippen LogP contribution in [0.15, 0.2) is 12.2 Å². The molecule has 0 aromatic rings. The van der Waals surface area contributed by atoms with Crippen molar-refractivity contribution in [1.82, 2.24) is 4.90 Å². The maximum atomic E-state index is 11.8. The van der Waals surface area contributed by atoms with E-state index in [4.69, 9.17) is 5.11 Å². The van der Waals surface area contributed by atoms with Crippen molar-refractivity contribution in [2.45, 2.75) is 39.2 Å². The van der Waals surface area contributed by atoms with Gasteiger partial charge in [0.15, 0.2) is 0 Å². The van der Waals surface area contributed by atoms with Gasteiger partial charge in [0.1, 0.15) is 0 Å². The summed E-state index contributed by atoms with van der Waals surface area (Å²) in [6.45, 7) is 4.82. The molecule has 0 bridgehead atoms. The molecule has 0 fully saturated rings. The first-order valence-corrected chi connectivity index (χ1v) is 5.70. The van der Waals surface area contributed by atoms with E-state index in [1.165, 1.54) is 0 Å². The zero-order valence-electron chi connectivity index (χ0n) is 9.85. The minimum absolute atomic E-state index is 0.0601. The fourth-order valence-corrected chi connectivity index (χ4v) is 1.92. The number of carbonyl (C=O) groups is 2. The second kappa shape index (κ2) is 5.68. The van der Waals surface area contributed by atoms with E-state index >= 15 is 0 Å². The van der Waals surface area contributed by atoms with Crippen LogP contribution >= 0.6 is 0 Å². The number of nitrogens with zero attached hydrogens (tertiary/aromatic N) is 1. The van der Waals surface area contributed by atoms with Gasteiger partial charge in [-0.15, -0.1) is 0 Å². The Morgan fingerprint density at radius 1 is 1.44 bits per heavy atom. The maximum absolute atomic E-state index is 11.8. The van der Waals surface area contributed by atoms with Crippen LogP contribution in [0.5, 0.6) is 0 Å². The fourth-order valence-electron chi connectivity index (χ4n) is 1.92.